The minimum Gasteiger partial charge on any atom is -0.466 e. The highest BCUT2D eigenvalue weighted by atomic mass is 32.2. The Hall–Kier alpha value is -2.29. The van der Waals surface area contributed by atoms with E-state index in [0.717, 1.165) is 11.3 Å². The molecule has 7 nitrogen and oxygen atoms in total. The fraction of sp³-hybridized carbons (Fsp3) is 0.455. The highest BCUT2D eigenvalue weighted by Gasteiger charge is 2.24. The number of carbonyl (C=O) groups is 1. The minimum absolute atomic E-state index is 0.0251. The molecule has 0 bridgehead atoms. The summed E-state index contributed by atoms with van der Waals surface area (Å²) in [5, 5.41) is 9.54. The lowest BCUT2D eigenvalue weighted by Gasteiger charge is -2.20. The van der Waals surface area contributed by atoms with Gasteiger partial charge in [0.2, 0.25) is 10.0 Å². The van der Waals surface area contributed by atoms with E-state index < -0.39 is 16.1 Å². The van der Waals surface area contributed by atoms with Gasteiger partial charge in [-0.2, -0.15) is 4.31 Å². The second-order valence-corrected chi connectivity index (χ2v) is 9.14. The molecular weight excluding hydrogens is 404 g/mol. The molecule has 1 aromatic carbocycles. The Morgan fingerprint density at radius 2 is 1.97 bits per heavy atom. The van der Waals surface area contributed by atoms with Crippen LogP contribution in [0.15, 0.2) is 41.3 Å². The topological polar surface area (TPSA) is 96.8 Å². The molecule has 0 aliphatic carbocycles. The number of carbonyl (C=O) groups excluding carboxylic acids is 1. The maximum absolute atomic E-state index is 12.9. The van der Waals surface area contributed by atoms with Crippen LogP contribution in [0.2, 0.25) is 0 Å². The van der Waals surface area contributed by atoms with Crippen molar-refractivity contribution in [2.75, 3.05) is 20.2 Å². The molecule has 2 rings (SSSR count). The van der Waals surface area contributed by atoms with Gasteiger partial charge < -0.3 is 9.84 Å². The van der Waals surface area contributed by atoms with Gasteiger partial charge in [0.15, 0.2) is 0 Å². The van der Waals surface area contributed by atoms with Gasteiger partial charge in [-0.25, -0.2) is 8.42 Å². The van der Waals surface area contributed by atoms with E-state index in [1.54, 1.807) is 26.0 Å². The first kappa shape index (κ1) is 24.0. The standard InChI is InChI=1S/C22H30N2O5S/c1-5-17-14-18(10-12-21(17)30(27,28)24(4)15-16(3)25)20-9-7-8-19(23-20)11-13-22(26)29-6-2/h7-10,12,14,16,25H,5-6,11,13,15H2,1-4H3/t16-/m0/s1. The van der Waals surface area contributed by atoms with Crippen molar-refractivity contribution < 1.29 is 23.1 Å². The van der Waals surface area contributed by atoms with Crippen LogP contribution in [0, 0.1) is 0 Å². The molecule has 0 spiro atoms. The van der Waals surface area contributed by atoms with Crippen molar-refractivity contribution in [2.45, 2.75) is 51.0 Å². The van der Waals surface area contributed by atoms with Crippen LogP contribution < -0.4 is 0 Å². The molecule has 0 saturated heterocycles. The van der Waals surface area contributed by atoms with Gasteiger partial charge in [0.25, 0.3) is 0 Å². The van der Waals surface area contributed by atoms with Crippen LogP contribution in [0.1, 0.15) is 38.4 Å². The molecule has 0 amide bonds. The third kappa shape index (κ3) is 6.10. The predicted molar refractivity (Wildman–Crippen MR) is 116 cm³/mol. The number of esters is 1. The number of hydrogen-bond acceptors (Lipinski definition) is 6. The second-order valence-electron chi connectivity index (χ2n) is 7.13. The van der Waals surface area contributed by atoms with E-state index in [-0.39, 0.29) is 23.8 Å². The molecule has 0 aliphatic heterocycles. The molecule has 1 N–H and O–H groups in total. The summed E-state index contributed by atoms with van der Waals surface area (Å²) in [5.41, 5.74) is 2.98. The van der Waals surface area contributed by atoms with Gasteiger partial charge in [-0.3, -0.25) is 9.78 Å². The number of aliphatic hydroxyl groups is 1. The summed E-state index contributed by atoms with van der Waals surface area (Å²) in [4.78, 5) is 16.4. The lowest BCUT2D eigenvalue weighted by atomic mass is 10.1. The molecule has 1 atom stereocenters. The lowest BCUT2D eigenvalue weighted by Crippen LogP contribution is -2.33. The Balaban J connectivity index is 2.30. The summed E-state index contributed by atoms with van der Waals surface area (Å²) in [6.45, 7) is 5.60. The van der Waals surface area contributed by atoms with Gasteiger partial charge in [-0.15, -0.1) is 0 Å². The van der Waals surface area contributed by atoms with Crippen molar-refractivity contribution in [1.29, 1.82) is 0 Å². The number of nitrogens with zero attached hydrogens (tertiary/aromatic N) is 2. The summed E-state index contributed by atoms with van der Waals surface area (Å²) in [5.74, 6) is -0.256. The Kier molecular flexibility index (Phi) is 8.52. The Bertz CT molecular complexity index is 973. The quantitative estimate of drug-likeness (QED) is 0.578. The van der Waals surface area contributed by atoms with E-state index in [9.17, 15) is 18.3 Å². The number of pyridine rings is 1. The highest BCUT2D eigenvalue weighted by Crippen LogP contribution is 2.26. The maximum atomic E-state index is 12.9. The summed E-state index contributed by atoms with van der Waals surface area (Å²) in [6, 6.07) is 10.7. The van der Waals surface area contributed by atoms with Crippen molar-refractivity contribution in [1.82, 2.24) is 9.29 Å². The molecule has 0 aliphatic rings. The Morgan fingerprint density at radius 1 is 1.23 bits per heavy atom. The number of likely N-dealkylation sites (N-methyl/N-ethyl adjacent to an activating group) is 1. The first-order valence-electron chi connectivity index (χ1n) is 10.1. The van der Waals surface area contributed by atoms with Gasteiger partial charge in [0, 0.05) is 31.3 Å². The second kappa shape index (κ2) is 10.7. The van der Waals surface area contributed by atoms with Crippen molar-refractivity contribution in [2.24, 2.45) is 0 Å². The fourth-order valence-corrected chi connectivity index (χ4v) is 4.67. The molecule has 1 heterocycles. The molecule has 1 aromatic heterocycles. The van der Waals surface area contributed by atoms with Gasteiger partial charge in [0.1, 0.15) is 0 Å². The average Bonchev–Trinajstić information content (AvgIpc) is 2.71. The van der Waals surface area contributed by atoms with Crippen LogP contribution in [0.3, 0.4) is 0 Å². The molecule has 0 fully saturated rings. The average molecular weight is 435 g/mol. The van der Waals surface area contributed by atoms with Crippen molar-refractivity contribution in [3.05, 3.63) is 47.7 Å². The molecule has 0 radical (unpaired) electrons. The van der Waals surface area contributed by atoms with E-state index >= 15 is 0 Å². The van der Waals surface area contributed by atoms with E-state index in [1.165, 1.54) is 11.4 Å². The summed E-state index contributed by atoms with van der Waals surface area (Å²) in [7, 11) is -2.24. The molecule has 30 heavy (non-hydrogen) atoms. The number of hydrogen-bond donors (Lipinski definition) is 1. The number of aromatic nitrogens is 1. The zero-order chi connectivity index (χ0) is 22.3. The number of rotatable bonds is 10. The first-order valence-corrected chi connectivity index (χ1v) is 11.5. The lowest BCUT2D eigenvalue weighted by molar-refractivity contribution is -0.143. The van der Waals surface area contributed by atoms with Gasteiger partial charge in [0.05, 0.1) is 29.7 Å². The SMILES string of the molecule is CCOC(=O)CCc1cccc(-c2ccc(S(=O)(=O)N(C)C[C@H](C)O)c(CC)c2)n1. The summed E-state index contributed by atoms with van der Waals surface area (Å²) >= 11 is 0. The number of sulfonamides is 1. The van der Waals surface area contributed by atoms with E-state index in [1.807, 2.05) is 31.2 Å². The van der Waals surface area contributed by atoms with Crippen LogP contribution in [0.25, 0.3) is 11.3 Å². The van der Waals surface area contributed by atoms with Crippen molar-refractivity contribution in [3.63, 3.8) is 0 Å². The van der Waals surface area contributed by atoms with Crippen molar-refractivity contribution in [3.8, 4) is 11.3 Å². The van der Waals surface area contributed by atoms with E-state index in [2.05, 4.69) is 4.98 Å². The smallest absolute Gasteiger partial charge is 0.306 e. The molecule has 0 unspecified atom stereocenters. The molecule has 0 saturated carbocycles. The minimum atomic E-state index is -3.71. The number of ether oxygens (including phenoxy) is 1. The third-order valence-corrected chi connectivity index (χ3v) is 6.57. The van der Waals surface area contributed by atoms with Crippen LogP contribution in [-0.4, -0.2) is 55.1 Å². The number of aryl methyl sites for hydroxylation is 2. The first-order chi connectivity index (χ1) is 14.2. The zero-order valence-electron chi connectivity index (χ0n) is 18.0. The van der Waals surface area contributed by atoms with Crippen LogP contribution in [0.5, 0.6) is 0 Å². The molecule has 164 valence electrons. The van der Waals surface area contributed by atoms with E-state index in [0.29, 0.717) is 30.7 Å². The summed E-state index contributed by atoms with van der Waals surface area (Å²) < 4.78 is 31.9. The number of aliphatic hydroxyl groups excluding tert-OH is 1. The zero-order valence-corrected chi connectivity index (χ0v) is 18.8. The highest BCUT2D eigenvalue weighted by molar-refractivity contribution is 7.89. The van der Waals surface area contributed by atoms with Crippen molar-refractivity contribution >= 4 is 16.0 Å². The van der Waals surface area contributed by atoms with Gasteiger partial charge >= 0.3 is 5.97 Å². The number of benzene rings is 1. The van der Waals surface area contributed by atoms with E-state index in [4.69, 9.17) is 4.74 Å². The molecular formula is C22H30N2O5S. The van der Waals surface area contributed by atoms with Crippen LogP contribution >= 0.6 is 0 Å². The third-order valence-electron chi connectivity index (χ3n) is 4.64. The monoisotopic (exact) mass is 434 g/mol. The Labute approximate surface area is 178 Å². The summed E-state index contributed by atoms with van der Waals surface area (Å²) in [6.07, 6.45) is 0.518. The fourth-order valence-electron chi connectivity index (χ4n) is 3.15. The normalized spacial score (nSPS) is 12.7. The maximum Gasteiger partial charge on any atom is 0.306 e. The van der Waals surface area contributed by atoms with Gasteiger partial charge in [-0.1, -0.05) is 19.1 Å². The van der Waals surface area contributed by atoms with Crippen LogP contribution in [-0.2, 0) is 32.4 Å². The Morgan fingerprint density at radius 3 is 2.60 bits per heavy atom. The van der Waals surface area contributed by atoms with Gasteiger partial charge in [-0.05, 0) is 50.1 Å². The predicted octanol–water partition coefficient (Wildman–Crippen LogP) is 2.81. The van der Waals surface area contributed by atoms with Crippen LogP contribution in [0.4, 0.5) is 0 Å². The largest absolute Gasteiger partial charge is 0.466 e. The molecule has 2 aromatic rings. The molecule has 8 heteroatoms.